The first kappa shape index (κ1) is 18.7. The van der Waals surface area contributed by atoms with Crippen LogP contribution in [0, 0.1) is 5.41 Å². The molecule has 118 valence electrons. The van der Waals surface area contributed by atoms with Crippen LogP contribution in [0.5, 0.6) is 0 Å². The minimum absolute atomic E-state index is 0.0554. The molecule has 0 bridgehead atoms. The van der Waals surface area contributed by atoms with Crippen LogP contribution in [0.25, 0.3) is 0 Å². The van der Waals surface area contributed by atoms with Gasteiger partial charge < -0.3 is 20.6 Å². The summed E-state index contributed by atoms with van der Waals surface area (Å²) in [6, 6.07) is -0.247. The van der Waals surface area contributed by atoms with Crippen molar-refractivity contribution in [2.45, 2.75) is 46.1 Å². The Morgan fingerprint density at radius 3 is 2.20 bits per heavy atom. The molecule has 6 nitrogen and oxygen atoms in total. The van der Waals surface area contributed by atoms with Gasteiger partial charge in [0.25, 0.3) is 0 Å². The SMILES string of the molecule is CCC(CC)(CNC(=O)NC(C)CCN(C)C)C(=O)O. The predicted octanol–water partition coefficient (Wildman–Crippen LogP) is 1.52. The summed E-state index contributed by atoms with van der Waals surface area (Å²) in [4.78, 5) is 25.1. The highest BCUT2D eigenvalue weighted by molar-refractivity contribution is 5.78. The largest absolute Gasteiger partial charge is 0.481 e. The monoisotopic (exact) mass is 287 g/mol. The van der Waals surface area contributed by atoms with Crippen molar-refractivity contribution in [1.29, 1.82) is 0 Å². The molecule has 0 rings (SSSR count). The molecule has 0 aliphatic heterocycles. The van der Waals surface area contributed by atoms with Gasteiger partial charge >= 0.3 is 12.0 Å². The number of carbonyl (C=O) groups excluding carboxylic acids is 1. The highest BCUT2D eigenvalue weighted by Crippen LogP contribution is 2.25. The van der Waals surface area contributed by atoms with Gasteiger partial charge in [-0.15, -0.1) is 0 Å². The summed E-state index contributed by atoms with van der Waals surface area (Å²) in [5.41, 5.74) is -0.871. The van der Waals surface area contributed by atoms with E-state index in [2.05, 4.69) is 15.5 Å². The van der Waals surface area contributed by atoms with Crippen molar-refractivity contribution >= 4 is 12.0 Å². The van der Waals surface area contributed by atoms with Crippen LogP contribution < -0.4 is 10.6 Å². The van der Waals surface area contributed by atoms with Gasteiger partial charge in [-0.3, -0.25) is 4.79 Å². The molecule has 0 fully saturated rings. The predicted molar refractivity (Wildman–Crippen MR) is 79.8 cm³/mol. The highest BCUT2D eigenvalue weighted by atomic mass is 16.4. The maximum absolute atomic E-state index is 11.8. The van der Waals surface area contributed by atoms with Crippen molar-refractivity contribution in [3.63, 3.8) is 0 Å². The van der Waals surface area contributed by atoms with Crippen LogP contribution in [0.15, 0.2) is 0 Å². The zero-order chi connectivity index (χ0) is 15.8. The molecule has 0 aliphatic rings. The first-order chi connectivity index (χ1) is 9.27. The average molecular weight is 287 g/mol. The number of urea groups is 1. The Labute approximate surface area is 121 Å². The van der Waals surface area contributed by atoms with Crippen LogP contribution in [0.2, 0.25) is 0 Å². The molecule has 6 heteroatoms. The molecule has 0 aliphatic carbocycles. The first-order valence-electron chi connectivity index (χ1n) is 7.20. The van der Waals surface area contributed by atoms with E-state index >= 15 is 0 Å². The van der Waals surface area contributed by atoms with E-state index < -0.39 is 11.4 Å². The molecule has 3 N–H and O–H groups in total. The molecular formula is C14H29N3O3. The third kappa shape index (κ3) is 6.23. The standard InChI is InChI=1S/C14H29N3O3/c1-6-14(7-2,12(18)19)10-15-13(20)16-11(3)8-9-17(4)5/h11H,6-10H2,1-5H3,(H,18,19)(H2,15,16,20). The fraction of sp³-hybridized carbons (Fsp3) is 0.857. The van der Waals surface area contributed by atoms with Gasteiger partial charge in [-0.05, 0) is 46.8 Å². The number of carboxylic acids is 1. The van der Waals surface area contributed by atoms with Crippen molar-refractivity contribution in [1.82, 2.24) is 15.5 Å². The minimum Gasteiger partial charge on any atom is -0.481 e. The lowest BCUT2D eigenvalue weighted by molar-refractivity contribution is -0.149. The van der Waals surface area contributed by atoms with E-state index in [4.69, 9.17) is 0 Å². The maximum Gasteiger partial charge on any atom is 0.315 e. The normalized spacial score (nSPS) is 13.1. The number of aliphatic carboxylic acids is 1. The van der Waals surface area contributed by atoms with E-state index in [1.165, 1.54) is 0 Å². The summed E-state index contributed by atoms with van der Waals surface area (Å²) in [5, 5.41) is 14.8. The summed E-state index contributed by atoms with van der Waals surface area (Å²) >= 11 is 0. The van der Waals surface area contributed by atoms with Gasteiger partial charge in [0.2, 0.25) is 0 Å². The van der Waals surface area contributed by atoms with E-state index in [-0.39, 0.29) is 18.6 Å². The van der Waals surface area contributed by atoms with Gasteiger partial charge in [-0.25, -0.2) is 4.79 Å². The van der Waals surface area contributed by atoms with Crippen LogP contribution in [0.3, 0.4) is 0 Å². The lowest BCUT2D eigenvalue weighted by Crippen LogP contribution is -2.48. The van der Waals surface area contributed by atoms with Crippen LogP contribution in [0.1, 0.15) is 40.0 Å². The second-order valence-electron chi connectivity index (χ2n) is 5.61. The molecular weight excluding hydrogens is 258 g/mol. The van der Waals surface area contributed by atoms with Crippen molar-refractivity contribution in [2.24, 2.45) is 5.41 Å². The van der Waals surface area contributed by atoms with Crippen molar-refractivity contribution in [3.8, 4) is 0 Å². The Morgan fingerprint density at radius 1 is 1.25 bits per heavy atom. The third-order valence-corrected chi connectivity index (χ3v) is 3.78. The van der Waals surface area contributed by atoms with Crippen molar-refractivity contribution in [2.75, 3.05) is 27.2 Å². The summed E-state index contributed by atoms with van der Waals surface area (Å²) in [5.74, 6) is -0.858. The molecule has 1 atom stereocenters. The number of carbonyl (C=O) groups is 2. The molecule has 0 aromatic rings. The number of hydrogen-bond donors (Lipinski definition) is 3. The Hall–Kier alpha value is -1.30. The number of carboxylic acid groups (broad SMARTS) is 1. The zero-order valence-electron chi connectivity index (χ0n) is 13.3. The number of rotatable bonds is 9. The van der Waals surface area contributed by atoms with E-state index in [1.807, 2.05) is 34.9 Å². The molecule has 1 unspecified atom stereocenters. The zero-order valence-corrected chi connectivity index (χ0v) is 13.3. The second-order valence-corrected chi connectivity index (χ2v) is 5.61. The van der Waals surface area contributed by atoms with E-state index in [0.717, 1.165) is 13.0 Å². The number of nitrogens with zero attached hydrogens (tertiary/aromatic N) is 1. The Balaban J connectivity index is 4.23. The Bertz CT molecular complexity index is 315. The van der Waals surface area contributed by atoms with Gasteiger partial charge in [0, 0.05) is 12.6 Å². The minimum atomic E-state index is -0.871. The smallest absolute Gasteiger partial charge is 0.315 e. The van der Waals surface area contributed by atoms with Gasteiger partial charge in [0.1, 0.15) is 0 Å². The first-order valence-corrected chi connectivity index (χ1v) is 7.20. The number of nitrogens with one attached hydrogen (secondary N) is 2. The molecule has 0 spiro atoms. The average Bonchev–Trinajstić information content (AvgIpc) is 2.37. The lowest BCUT2D eigenvalue weighted by Gasteiger charge is -2.27. The summed E-state index contributed by atoms with van der Waals surface area (Å²) in [6.45, 7) is 6.65. The lowest BCUT2D eigenvalue weighted by atomic mass is 9.82. The summed E-state index contributed by atoms with van der Waals surface area (Å²) in [6.07, 6.45) is 1.84. The van der Waals surface area contributed by atoms with E-state index in [1.54, 1.807) is 0 Å². The topological polar surface area (TPSA) is 81.7 Å². The molecule has 0 saturated heterocycles. The van der Waals surface area contributed by atoms with Crippen LogP contribution in [-0.4, -0.2) is 55.2 Å². The van der Waals surface area contributed by atoms with Crippen molar-refractivity contribution in [3.05, 3.63) is 0 Å². The summed E-state index contributed by atoms with van der Waals surface area (Å²) in [7, 11) is 3.97. The third-order valence-electron chi connectivity index (χ3n) is 3.78. The number of hydrogen-bond acceptors (Lipinski definition) is 3. The van der Waals surface area contributed by atoms with Crippen LogP contribution in [-0.2, 0) is 4.79 Å². The molecule has 2 amide bonds. The number of amides is 2. The fourth-order valence-corrected chi connectivity index (χ4v) is 1.93. The highest BCUT2D eigenvalue weighted by Gasteiger charge is 2.35. The Morgan fingerprint density at radius 2 is 1.80 bits per heavy atom. The van der Waals surface area contributed by atoms with E-state index in [9.17, 15) is 14.7 Å². The van der Waals surface area contributed by atoms with Crippen molar-refractivity contribution < 1.29 is 14.7 Å². The molecule has 0 radical (unpaired) electrons. The molecule has 0 aromatic carbocycles. The molecule has 0 heterocycles. The van der Waals surface area contributed by atoms with E-state index in [0.29, 0.717) is 12.8 Å². The van der Waals surface area contributed by atoms with Crippen LogP contribution >= 0.6 is 0 Å². The molecule has 0 aromatic heterocycles. The quantitative estimate of drug-likeness (QED) is 0.600. The van der Waals surface area contributed by atoms with Crippen LogP contribution in [0.4, 0.5) is 4.79 Å². The summed E-state index contributed by atoms with van der Waals surface area (Å²) < 4.78 is 0. The molecule has 0 saturated carbocycles. The van der Waals surface area contributed by atoms with Gasteiger partial charge in [0.15, 0.2) is 0 Å². The van der Waals surface area contributed by atoms with Gasteiger partial charge in [0.05, 0.1) is 5.41 Å². The maximum atomic E-state index is 11.8. The molecule has 20 heavy (non-hydrogen) atoms. The van der Waals surface area contributed by atoms with Gasteiger partial charge in [-0.1, -0.05) is 13.8 Å². The van der Waals surface area contributed by atoms with Gasteiger partial charge in [-0.2, -0.15) is 0 Å². The fourth-order valence-electron chi connectivity index (χ4n) is 1.93. The Kier molecular flexibility index (Phi) is 8.22. The second kappa shape index (κ2) is 8.79.